The fourth-order valence-electron chi connectivity index (χ4n) is 2.63. The maximum Gasteiger partial charge on any atom is 0.249 e. The van der Waals surface area contributed by atoms with E-state index in [9.17, 15) is 8.42 Å². The van der Waals surface area contributed by atoms with Crippen molar-refractivity contribution in [1.82, 2.24) is 4.98 Å². The van der Waals surface area contributed by atoms with E-state index >= 15 is 0 Å². The van der Waals surface area contributed by atoms with Gasteiger partial charge in [0.1, 0.15) is 0 Å². The van der Waals surface area contributed by atoms with Gasteiger partial charge in [0.15, 0.2) is 9.34 Å². The first-order valence-electron chi connectivity index (χ1n) is 6.77. The van der Waals surface area contributed by atoms with Gasteiger partial charge >= 0.3 is 0 Å². The Morgan fingerprint density at radius 1 is 1.29 bits per heavy atom. The maximum absolute atomic E-state index is 11.5. The molecule has 0 bridgehead atoms. The van der Waals surface area contributed by atoms with Crippen LogP contribution in [-0.4, -0.2) is 19.9 Å². The molecular weight excluding hydrogens is 306 g/mol. The van der Waals surface area contributed by atoms with Crippen molar-refractivity contribution in [3.63, 3.8) is 0 Å². The average Bonchev–Trinajstić information content (AvgIpc) is 2.69. The summed E-state index contributed by atoms with van der Waals surface area (Å²) in [6.45, 7) is 3.31. The SMILES string of the molecule is Cc1nc(N2CCCc3ccccc3C2)sc1S(N)(=O)=O. The van der Waals surface area contributed by atoms with Gasteiger partial charge in [0, 0.05) is 13.1 Å². The van der Waals surface area contributed by atoms with Crippen LogP contribution in [0.3, 0.4) is 0 Å². The van der Waals surface area contributed by atoms with Crippen molar-refractivity contribution >= 4 is 26.5 Å². The average molecular weight is 323 g/mol. The van der Waals surface area contributed by atoms with Gasteiger partial charge in [-0.15, -0.1) is 0 Å². The zero-order valence-corrected chi connectivity index (χ0v) is 13.4. The fraction of sp³-hybridized carbons (Fsp3) is 0.357. The summed E-state index contributed by atoms with van der Waals surface area (Å²) in [5.74, 6) is 0. The molecule has 7 heteroatoms. The van der Waals surface area contributed by atoms with Crippen LogP contribution in [0.25, 0.3) is 0 Å². The van der Waals surface area contributed by atoms with Gasteiger partial charge < -0.3 is 4.90 Å². The lowest BCUT2D eigenvalue weighted by Crippen LogP contribution is -2.22. The van der Waals surface area contributed by atoms with E-state index in [0.29, 0.717) is 5.69 Å². The highest BCUT2D eigenvalue weighted by molar-refractivity contribution is 7.91. The normalized spacial score (nSPS) is 15.6. The van der Waals surface area contributed by atoms with Crippen LogP contribution in [0, 0.1) is 6.92 Å². The number of rotatable bonds is 2. The van der Waals surface area contributed by atoms with Crippen LogP contribution in [0.15, 0.2) is 28.5 Å². The summed E-state index contributed by atoms with van der Waals surface area (Å²) in [6, 6.07) is 8.36. The Bertz CT molecular complexity index is 768. The third-order valence-electron chi connectivity index (χ3n) is 3.63. The van der Waals surface area contributed by atoms with Crippen LogP contribution in [0.4, 0.5) is 5.13 Å². The van der Waals surface area contributed by atoms with Crippen LogP contribution in [0.5, 0.6) is 0 Å². The Morgan fingerprint density at radius 2 is 2.00 bits per heavy atom. The van der Waals surface area contributed by atoms with E-state index in [1.807, 2.05) is 6.07 Å². The molecule has 1 aliphatic heterocycles. The summed E-state index contributed by atoms with van der Waals surface area (Å²) >= 11 is 1.16. The van der Waals surface area contributed by atoms with Crippen molar-refractivity contribution in [2.24, 2.45) is 5.14 Å². The summed E-state index contributed by atoms with van der Waals surface area (Å²) < 4.78 is 23.3. The third-order valence-corrected chi connectivity index (χ3v) is 6.40. The van der Waals surface area contributed by atoms with Crippen LogP contribution in [0.2, 0.25) is 0 Å². The van der Waals surface area contributed by atoms with Gasteiger partial charge in [0.2, 0.25) is 10.0 Å². The van der Waals surface area contributed by atoms with Crippen LogP contribution < -0.4 is 10.0 Å². The van der Waals surface area contributed by atoms with E-state index in [4.69, 9.17) is 5.14 Å². The standard InChI is InChI=1S/C14H17N3O2S2/c1-10-13(21(15,18)19)20-14(16-10)17-8-4-7-11-5-2-3-6-12(11)9-17/h2-3,5-6H,4,7-9H2,1H3,(H2,15,18,19). The molecule has 2 heterocycles. The second-order valence-corrected chi connectivity index (χ2v) is 7.94. The highest BCUT2D eigenvalue weighted by Gasteiger charge is 2.22. The van der Waals surface area contributed by atoms with Gasteiger partial charge in [-0.05, 0) is 30.9 Å². The molecule has 2 aromatic rings. The minimum Gasteiger partial charge on any atom is -0.344 e. The van der Waals surface area contributed by atoms with Crippen LogP contribution in [0.1, 0.15) is 23.2 Å². The smallest absolute Gasteiger partial charge is 0.249 e. The van der Waals surface area contributed by atoms with E-state index in [2.05, 4.69) is 28.1 Å². The summed E-state index contributed by atoms with van der Waals surface area (Å²) in [7, 11) is -3.69. The van der Waals surface area contributed by atoms with E-state index in [-0.39, 0.29) is 4.21 Å². The van der Waals surface area contributed by atoms with Crippen molar-refractivity contribution in [2.75, 3.05) is 11.4 Å². The number of benzene rings is 1. The second-order valence-electron chi connectivity index (χ2n) is 5.21. The van der Waals surface area contributed by atoms with Crippen molar-refractivity contribution in [1.29, 1.82) is 0 Å². The fourth-order valence-corrected chi connectivity index (χ4v) is 4.60. The van der Waals surface area contributed by atoms with Crippen molar-refractivity contribution in [3.05, 3.63) is 41.1 Å². The molecule has 0 amide bonds. The Hall–Kier alpha value is -1.44. The molecular formula is C14H17N3O2S2. The summed E-state index contributed by atoms with van der Waals surface area (Å²) in [5, 5.41) is 5.96. The molecule has 3 rings (SSSR count). The zero-order valence-electron chi connectivity index (χ0n) is 11.7. The predicted molar refractivity (Wildman–Crippen MR) is 84.0 cm³/mol. The molecule has 1 aliphatic rings. The van der Waals surface area contributed by atoms with Gasteiger partial charge in [0.05, 0.1) is 5.69 Å². The van der Waals surface area contributed by atoms with Gasteiger partial charge in [0.25, 0.3) is 0 Å². The monoisotopic (exact) mass is 323 g/mol. The number of sulfonamides is 1. The van der Waals surface area contributed by atoms with E-state index in [1.54, 1.807) is 6.92 Å². The first-order valence-corrected chi connectivity index (χ1v) is 9.13. The number of hydrogen-bond donors (Lipinski definition) is 1. The molecule has 1 aromatic heterocycles. The number of hydrogen-bond acceptors (Lipinski definition) is 5. The Morgan fingerprint density at radius 3 is 2.67 bits per heavy atom. The second kappa shape index (κ2) is 5.40. The number of nitrogens with two attached hydrogens (primary N) is 1. The lowest BCUT2D eigenvalue weighted by Gasteiger charge is -2.19. The quantitative estimate of drug-likeness (QED) is 0.917. The molecule has 0 spiro atoms. The highest BCUT2D eigenvalue weighted by Crippen LogP contribution is 2.31. The van der Waals surface area contributed by atoms with E-state index in [1.165, 1.54) is 11.1 Å². The molecule has 0 atom stereocenters. The largest absolute Gasteiger partial charge is 0.344 e. The zero-order chi connectivity index (χ0) is 15.0. The minimum absolute atomic E-state index is 0.162. The number of primary sulfonamides is 1. The molecule has 2 N–H and O–H groups in total. The van der Waals surface area contributed by atoms with Gasteiger partial charge in [-0.3, -0.25) is 0 Å². The molecule has 0 fully saturated rings. The van der Waals surface area contributed by atoms with Crippen molar-refractivity contribution in [3.8, 4) is 0 Å². The van der Waals surface area contributed by atoms with Crippen molar-refractivity contribution < 1.29 is 8.42 Å². The van der Waals surface area contributed by atoms with Crippen LogP contribution >= 0.6 is 11.3 Å². The minimum atomic E-state index is -3.69. The highest BCUT2D eigenvalue weighted by atomic mass is 32.2. The van der Waals surface area contributed by atoms with E-state index in [0.717, 1.165) is 42.4 Å². The number of aromatic nitrogens is 1. The summed E-state index contributed by atoms with van der Waals surface area (Å²) in [6.07, 6.45) is 2.07. The first kappa shape index (κ1) is 14.5. The van der Waals surface area contributed by atoms with Crippen molar-refractivity contribution in [2.45, 2.75) is 30.5 Å². The Balaban J connectivity index is 1.95. The third kappa shape index (κ3) is 2.95. The lowest BCUT2D eigenvalue weighted by atomic mass is 10.0. The molecule has 5 nitrogen and oxygen atoms in total. The maximum atomic E-state index is 11.5. The molecule has 1 aromatic carbocycles. The summed E-state index contributed by atoms with van der Waals surface area (Å²) in [4.78, 5) is 6.54. The molecule has 0 aliphatic carbocycles. The van der Waals surface area contributed by atoms with E-state index < -0.39 is 10.0 Å². The topological polar surface area (TPSA) is 76.3 Å². The van der Waals surface area contributed by atoms with Gasteiger partial charge in [-0.25, -0.2) is 18.5 Å². The van der Waals surface area contributed by atoms with Gasteiger partial charge in [-0.1, -0.05) is 35.6 Å². The first-order chi connectivity index (χ1) is 9.95. The molecule has 112 valence electrons. The Kier molecular flexibility index (Phi) is 3.73. The molecule has 21 heavy (non-hydrogen) atoms. The number of fused-ring (bicyclic) bond motifs is 1. The number of anilines is 1. The lowest BCUT2D eigenvalue weighted by molar-refractivity contribution is 0.599. The van der Waals surface area contributed by atoms with Crippen LogP contribution in [-0.2, 0) is 23.0 Å². The van der Waals surface area contributed by atoms with Gasteiger partial charge in [-0.2, -0.15) is 0 Å². The summed E-state index contributed by atoms with van der Waals surface area (Å²) in [5.41, 5.74) is 3.12. The number of thiazole rings is 1. The number of aryl methyl sites for hydroxylation is 2. The molecule has 0 saturated heterocycles. The molecule has 0 radical (unpaired) electrons. The molecule has 0 saturated carbocycles. The molecule has 0 unspecified atom stereocenters. The number of nitrogens with zero attached hydrogens (tertiary/aromatic N) is 2. The predicted octanol–water partition coefficient (Wildman–Crippen LogP) is 2.05. The Labute approximate surface area is 128 Å².